The fourth-order valence-corrected chi connectivity index (χ4v) is 6.78. The summed E-state index contributed by atoms with van der Waals surface area (Å²) in [4.78, 5) is 20.9. The van der Waals surface area contributed by atoms with Gasteiger partial charge >= 0.3 is 0 Å². The summed E-state index contributed by atoms with van der Waals surface area (Å²) in [5.74, 6) is 0.640. The second-order valence-electron chi connectivity index (χ2n) is 12.9. The first-order chi connectivity index (χ1) is 26.7. The maximum absolute atomic E-state index is 14.5. The first-order valence-corrected chi connectivity index (χ1v) is 17.2. The van der Waals surface area contributed by atoms with Crippen molar-refractivity contribution in [3.63, 3.8) is 0 Å². The van der Waals surface area contributed by atoms with Gasteiger partial charge in [0, 0.05) is 35.3 Å². The van der Waals surface area contributed by atoms with E-state index < -0.39 is 17.0 Å². The van der Waals surface area contributed by atoms with Crippen molar-refractivity contribution in [1.29, 1.82) is 0 Å². The highest BCUT2D eigenvalue weighted by Crippen LogP contribution is 2.42. The number of aromatic nitrogens is 3. The first kappa shape index (κ1) is 36.5. The second-order valence-corrected chi connectivity index (χ2v) is 12.9. The Balaban J connectivity index is 0.000000169. The molecule has 0 aliphatic carbocycles. The summed E-state index contributed by atoms with van der Waals surface area (Å²) >= 11 is 0. The Morgan fingerprint density at radius 2 is 1.29 bits per heavy atom. The molecule has 2 aromatic heterocycles. The van der Waals surface area contributed by atoms with Crippen LogP contribution < -0.4 is 20.9 Å². The van der Waals surface area contributed by atoms with Gasteiger partial charge in [-0.25, -0.2) is 29.3 Å². The summed E-state index contributed by atoms with van der Waals surface area (Å²) in [6.07, 6.45) is 5.98. The predicted octanol–water partition coefficient (Wildman–Crippen LogP) is 6.67. The van der Waals surface area contributed by atoms with Crippen LogP contribution in [-0.2, 0) is 20.6 Å². The average molecular weight is 742 g/mol. The molecule has 13 heteroatoms. The van der Waals surface area contributed by atoms with Gasteiger partial charge in [0.25, 0.3) is 12.0 Å². The summed E-state index contributed by atoms with van der Waals surface area (Å²) < 4.78 is 50.3. The van der Waals surface area contributed by atoms with Crippen LogP contribution in [0.4, 0.5) is 8.78 Å². The van der Waals surface area contributed by atoms with Gasteiger partial charge in [-0.05, 0) is 94.9 Å². The van der Waals surface area contributed by atoms with E-state index in [-0.39, 0.29) is 31.1 Å². The quantitative estimate of drug-likeness (QED) is 0.163. The van der Waals surface area contributed by atoms with Gasteiger partial charge < -0.3 is 30.4 Å². The molecule has 11 nitrogen and oxygen atoms in total. The highest BCUT2D eigenvalue weighted by molar-refractivity contribution is 5.77. The third-order valence-corrected chi connectivity index (χ3v) is 9.63. The van der Waals surface area contributed by atoms with E-state index >= 15 is 0 Å². The highest BCUT2D eigenvalue weighted by Gasteiger charge is 2.42. The number of rotatable bonds is 8. The summed E-state index contributed by atoms with van der Waals surface area (Å²) in [5, 5.41) is 0. The number of hydrogen-bond donors (Lipinski definition) is 2. The highest BCUT2D eigenvalue weighted by atomic mass is 19.1. The first-order valence-electron chi connectivity index (χ1n) is 17.2. The van der Waals surface area contributed by atoms with Crippen molar-refractivity contribution in [3.8, 4) is 33.8 Å². The Kier molecular flexibility index (Phi) is 10.1. The largest absolute Gasteiger partial charge is 0.497 e. The lowest BCUT2D eigenvalue weighted by Gasteiger charge is -2.26. The number of halogens is 2. The van der Waals surface area contributed by atoms with E-state index in [2.05, 4.69) is 24.9 Å². The van der Waals surface area contributed by atoms with Crippen LogP contribution in [0.15, 0.2) is 132 Å². The number of aryl methyl sites for hydroxylation is 1. The molecule has 0 amide bonds. The minimum Gasteiger partial charge on any atom is -0.497 e. The lowest BCUT2D eigenvalue weighted by Crippen LogP contribution is -2.27. The monoisotopic (exact) mass is 741 g/mol. The third kappa shape index (κ3) is 7.11. The SMILES string of the molecule is COc1ccc(C2(c3ccc(F)c(-c4cncnc4)c3)COC(N)=N2)cc1C.COc1ccc(C2(c3cccc(-c4cccnc4F)c3)COC(N)=N2)cc1. The van der Waals surface area contributed by atoms with Crippen LogP contribution in [0, 0.1) is 18.7 Å². The molecule has 8 rings (SSSR count). The van der Waals surface area contributed by atoms with E-state index in [1.165, 1.54) is 18.6 Å². The van der Waals surface area contributed by atoms with Crippen LogP contribution >= 0.6 is 0 Å². The Labute approximate surface area is 316 Å². The molecule has 4 heterocycles. The molecule has 55 heavy (non-hydrogen) atoms. The number of amidine groups is 2. The Bertz CT molecular complexity index is 2390. The van der Waals surface area contributed by atoms with Gasteiger partial charge in [-0.15, -0.1) is 0 Å². The van der Waals surface area contributed by atoms with Crippen LogP contribution in [0.5, 0.6) is 11.5 Å². The van der Waals surface area contributed by atoms with Crippen molar-refractivity contribution < 1.29 is 27.7 Å². The number of ether oxygens (including phenoxy) is 4. The lowest BCUT2D eigenvalue weighted by molar-refractivity contribution is 0.278. The number of nitrogens with two attached hydrogens (primary N) is 2. The van der Waals surface area contributed by atoms with E-state index in [1.54, 1.807) is 50.9 Å². The minimum absolute atomic E-state index is 0.0994. The molecule has 6 aromatic rings. The minimum atomic E-state index is -0.876. The van der Waals surface area contributed by atoms with Gasteiger partial charge in [-0.3, -0.25) is 0 Å². The lowest BCUT2D eigenvalue weighted by atomic mass is 9.82. The van der Waals surface area contributed by atoms with E-state index in [0.717, 1.165) is 39.3 Å². The molecule has 0 radical (unpaired) electrons. The number of pyridine rings is 1. The van der Waals surface area contributed by atoms with Crippen molar-refractivity contribution in [1.82, 2.24) is 15.0 Å². The fourth-order valence-electron chi connectivity index (χ4n) is 6.78. The smallest absolute Gasteiger partial charge is 0.283 e. The summed E-state index contributed by atoms with van der Waals surface area (Å²) in [7, 11) is 3.24. The molecule has 278 valence electrons. The van der Waals surface area contributed by atoms with E-state index in [4.69, 9.17) is 30.4 Å². The molecule has 0 spiro atoms. The van der Waals surface area contributed by atoms with Gasteiger partial charge in [0.2, 0.25) is 5.95 Å². The van der Waals surface area contributed by atoms with Gasteiger partial charge in [0.15, 0.2) is 11.1 Å². The topological polar surface area (TPSA) is 152 Å². The molecule has 2 aliphatic heterocycles. The zero-order valence-corrected chi connectivity index (χ0v) is 30.2. The standard InChI is InChI=1S/C21H19FN4O2.C21H18FN3O2/c1-13-7-15(4-6-19(13)27-2)21(11-28-20(23)26-21)16-3-5-18(22)17(8-16)14-9-24-12-25-10-14;1-26-17-9-7-15(8-10-17)21(13-27-20(23)25-21)16-5-2-4-14(12-16)18-6-3-11-24-19(18)22/h3-10,12H,11H2,1-2H3,(H2,23,26);2-12H,13H2,1H3,(H2,23,25). The number of nitrogens with zero attached hydrogens (tertiary/aromatic N) is 5. The van der Waals surface area contributed by atoms with E-state index in [1.807, 2.05) is 73.7 Å². The fraction of sp³-hybridized carbons (Fsp3) is 0.167. The van der Waals surface area contributed by atoms with E-state index in [9.17, 15) is 8.78 Å². The molecule has 2 aliphatic rings. The van der Waals surface area contributed by atoms with Crippen LogP contribution in [0.2, 0.25) is 0 Å². The van der Waals surface area contributed by atoms with Gasteiger partial charge in [0.05, 0.1) is 14.2 Å². The van der Waals surface area contributed by atoms with Crippen molar-refractivity contribution in [2.45, 2.75) is 18.0 Å². The zero-order valence-electron chi connectivity index (χ0n) is 30.2. The number of benzene rings is 4. The number of methoxy groups -OCH3 is 2. The van der Waals surface area contributed by atoms with Gasteiger partial charge in [0.1, 0.15) is 36.9 Å². The Morgan fingerprint density at radius 3 is 1.91 bits per heavy atom. The maximum atomic E-state index is 14.5. The molecule has 0 saturated carbocycles. The molecule has 4 N–H and O–H groups in total. The van der Waals surface area contributed by atoms with Crippen molar-refractivity contribution in [2.75, 3.05) is 27.4 Å². The summed E-state index contributed by atoms with van der Waals surface area (Å²) in [6.45, 7) is 2.45. The predicted molar refractivity (Wildman–Crippen MR) is 204 cm³/mol. The van der Waals surface area contributed by atoms with E-state index in [0.29, 0.717) is 22.3 Å². The molecule has 0 saturated heterocycles. The average Bonchev–Trinajstić information content (AvgIpc) is 3.82. The number of hydrogen-bond acceptors (Lipinski definition) is 11. The van der Waals surface area contributed by atoms with Crippen LogP contribution in [0.1, 0.15) is 27.8 Å². The zero-order chi connectivity index (χ0) is 38.6. The summed E-state index contributed by atoms with van der Waals surface area (Å²) in [5.41, 5.74) is 16.5. The van der Waals surface area contributed by atoms with Gasteiger partial charge in [-0.1, -0.05) is 42.5 Å². The molecule has 0 bridgehead atoms. The van der Waals surface area contributed by atoms with Crippen molar-refractivity contribution in [2.24, 2.45) is 21.5 Å². The van der Waals surface area contributed by atoms with Crippen molar-refractivity contribution in [3.05, 3.63) is 162 Å². The molecule has 2 atom stereocenters. The third-order valence-electron chi connectivity index (χ3n) is 9.63. The Morgan fingerprint density at radius 1 is 0.655 bits per heavy atom. The van der Waals surface area contributed by atoms with Crippen LogP contribution in [0.3, 0.4) is 0 Å². The van der Waals surface area contributed by atoms with Gasteiger partial charge in [-0.2, -0.15) is 4.39 Å². The molecular weight excluding hydrogens is 705 g/mol. The molecular formula is C42H37F2N7O4. The van der Waals surface area contributed by atoms with Crippen LogP contribution in [0.25, 0.3) is 22.3 Å². The van der Waals surface area contributed by atoms with Crippen molar-refractivity contribution >= 4 is 12.0 Å². The Hall–Kier alpha value is -6.89. The number of aliphatic imine (C=N–C) groups is 2. The molecule has 4 aromatic carbocycles. The maximum Gasteiger partial charge on any atom is 0.283 e. The van der Waals surface area contributed by atoms with Crippen LogP contribution in [-0.4, -0.2) is 54.4 Å². The molecule has 0 fully saturated rings. The second kappa shape index (κ2) is 15.2. The summed E-state index contributed by atoms with van der Waals surface area (Å²) in [6, 6.07) is 29.4. The molecule has 2 unspecified atom stereocenters. The normalized spacial score (nSPS) is 18.6.